The van der Waals surface area contributed by atoms with Gasteiger partial charge in [0.15, 0.2) is 0 Å². The summed E-state index contributed by atoms with van der Waals surface area (Å²) in [5, 5.41) is 2.85. The second-order valence-corrected chi connectivity index (χ2v) is 5.06. The second-order valence-electron chi connectivity index (χ2n) is 5.06. The highest BCUT2D eigenvalue weighted by Crippen LogP contribution is 2.17. The zero-order chi connectivity index (χ0) is 13.0. The number of hydrogen-bond donors (Lipinski definition) is 2. The molecule has 0 aromatic heterocycles. The zero-order valence-corrected chi connectivity index (χ0v) is 10.9. The molecular formula is C12H23N3O2. The monoisotopic (exact) mass is 241 g/mol. The fraction of sp³-hybridized carbons (Fsp3) is 0.833. The van der Waals surface area contributed by atoms with Crippen LogP contribution >= 0.6 is 0 Å². The van der Waals surface area contributed by atoms with Crippen molar-refractivity contribution in [2.45, 2.75) is 33.2 Å². The van der Waals surface area contributed by atoms with Crippen molar-refractivity contribution in [3.8, 4) is 0 Å². The maximum atomic E-state index is 12.2. The summed E-state index contributed by atoms with van der Waals surface area (Å²) < 4.78 is 0. The average Bonchev–Trinajstić information content (AvgIpc) is 2.65. The molecule has 5 nitrogen and oxygen atoms in total. The van der Waals surface area contributed by atoms with Gasteiger partial charge in [-0.3, -0.25) is 9.59 Å². The van der Waals surface area contributed by atoms with Crippen molar-refractivity contribution < 1.29 is 9.59 Å². The lowest BCUT2D eigenvalue weighted by molar-refractivity contribution is -0.135. The van der Waals surface area contributed by atoms with Crippen molar-refractivity contribution in [2.75, 3.05) is 19.6 Å². The number of carbonyl (C=O) groups excluding carboxylic acids is 2. The van der Waals surface area contributed by atoms with Gasteiger partial charge >= 0.3 is 0 Å². The van der Waals surface area contributed by atoms with Crippen molar-refractivity contribution in [2.24, 2.45) is 17.6 Å². The van der Waals surface area contributed by atoms with Gasteiger partial charge in [0.1, 0.15) is 0 Å². The Hall–Kier alpha value is -1.10. The average molecular weight is 241 g/mol. The van der Waals surface area contributed by atoms with Crippen molar-refractivity contribution in [1.29, 1.82) is 0 Å². The Balaban J connectivity index is 2.52. The normalized spacial score (nSPS) is 21.7. The number of likely N-dealkylation sites (tertiary alicyclic amines) is 1. The Bertz CT molecular complexity index is 291. The van der Waals surface area contributed by atoms with Crippen LogP contribution in [0.3, 0.4) is 0 Å². The third kappa shape index (κ3) is 3.70. The summed E-state index contributed by atoms with van der Waals surface area (Å²) in [5.41, 5.74) is 5.64. The van der Waals surface area contributed by atoms with E-state index in [9.17, 15) is 9.59 Å². The molecule has 5 heteroatoms. The Morgan fingerprint density at radius 1 is 1.47 bits per heavy atom. The second kappa shape index (κ2) is 6.00. The summed E-state index contributed by atoms with van der Waals surface area (Å²) in [6.45, 7) is 7.24. The zero-order valence-electron chi connectivity index (χ0n) is 10.9. The standard InChI is InChI=1S/C12H23N3O2/c1-8(2)11(6-13)12(17)15-5-4-10(7-15)14-9(3)16/h8,10-11H,4-7,13H2,1-3H3,(H,14,16). The molecule has 1 fully saturated rings. The molecule has 98 valence electrons. The van der Waals surface area contributed by atoms with Crippen LogP contribution in [0.5, 0.6) is 0 Å². The molecule has 1 rings (SSSR count). The molecule has 1 aliphatic heterocycles. The number of hydrogen-bond acceptors (Lipinski definition) is 3. The quantitative estimate of drug-likeness (QED) is 0.725. The minimum atomic E-state index is -0.105. The first-order valence-electron chi connectivity index (χ1n) is 6.21. The molecule has 1 saturated heterocycles. The highest BCUT2D eigenvalue weighted by atomic mass is 16.2. The number of nitrogens with zero attached hydrogens (tertiary/aromatic N) is 1. The topological polar surface area (TPSA) is 75.4 Å². The van der Waals surface area contributed by atoms with Gasteiger partial charge in [-0.15, -0.1) is 0 Å². The van der Waals surface area contributed by atoms with E-state index < -0.39 is 0 Å². The van der Waals surface area contributed by atoms with Gasteiger partial charge in [0.25, 0.3) is 0 Å². The molecule has 2 amide bonds. The van der Waals surface area contributed by atoms with E-state index in [-0.39, 0.29) is 29.7 Å². The lowest BCUT2D eigenvalue weighted by atomic mass is 9.94. The smallest absolute Gasteiger partial charge is 0.227 e. The van der Waals surface area contributed by atoms with Crippen LogP contribution in [0.25, 0.3) is 0 Å². The molecule has 2 unspecified atom stereocenters. The van der Waals surface area contributed by atoms with Crippen LogP contribution < -0.4 is 11.1 Å². The van der Waals surface area contributed by atoms with Crippen molar-refractivity contribution in [3.05, 3.63) is 0 Å². The maximum absolute atomic E-state index is 12.2. The van der Waals surface area contributed by atoms with Gasteiger partial charge in [0.05, 0.1) is 5.92 Å². The van der Waals surface area contributed by atoms with E-state index in [1.165, 1.54) is 6.92 Å². The molecule has 1 heterocycles. The van der Waals surface area contributed by atoms with Crippen LogP contribution in [0.15, 0.2) is 0 Å². The van der Waals surface area contributed by atoms with Crippen molar-refractivity contribution >= 4 is 11.8 Å². The Morgan fingerprint density at radius 2 is 2.12 bits per heavy atom. The van der Waals surface area contributed by atoms with Gasteiger partial charge in [0, 0.05) is 32.6 Å². The van der Waals surface area contributed by atoms with E-state index >= 15 is 0 Å². The minimum Gasteiger partial charge on any atom is -0.352 e. The van der Waals surface area contributed by atoms with Crippen LogP contribution in [0.4, 0.5) is 0 Å². The molecule has 0 aromatic carbocycles. The molecule has 2 atom stereocenters. The van der Waals surface area contributed by atoms with Gasteiger partial charge in [0.2, 0.25) is 11.8 Å². The first-order valence-corrected chi connectivity index (χ1v) is 6.21. The lowest BCUT2D eigenvalue weighted by Crippen LogP contribution is -2.42. The van der Waals surface area contributed by atoms with Gasteiger partial charge in [-0.25, -0.2) is 0 Å². The molecule has 3 N–H and O–H groups in total. The Morgan fingerprint density at radius 3 is 2.59 bits per heavy atom. The fourth-order valence-electron chi connectivity index (χ4n) is 2.26. The number of amides is 2. The SMILES string of the molecule is CC(=O)NC1CCN(C(=O)C(CN)C(C)C)C1. The largest absolute Gasteiger partial charge is 0.352 e. The van der Waals surface area contributed by atoms with E-state index in [1.807, 2.05) is 18.7 Å². The summed E-state index contributed by atoms with van der Waals surface area (Å²) in [6, 6.07) is 0.0991. The third-order valence-electron chi connectivity index (χ3n) is 3.28. The molecule has 17 heavy (non-hydrogen) atoms. The number of carbonyl (C=O) groups is 2. The molecule has 0 radical (unpaired) electrons. The predicted octanol–water partition coefficient (Wildman–Crippen LogP) is -0.0457. The first kappa shape index (κ1) is 14.0. The Kier molecular flexibility index (Phi) is 4.93. The van der Waals surface area contributed by atoms with Crippen LogP contribution in [-0.4, -0.2) is 42.4 Å². The molecule has 0 spiro atoms. The van der Waals surface area contributed by atoms with E-state index in [2.05, 4.69) is 5.32 Å². The molecule has 0 aliphatic carbocycles. The number of rotatable bonds is 4. The van der Waals surface area contributed by atoms with Gasteiger partial charge in [-0.1, -0.05) is 13.8 Å². The van der Waals surface area contributed by atoms with E-state index in [0.717, 1.165) is 6.42 Å². The molecule has 0 bridgehead atoms. The number of nitrogens with two attached hydrogens (primary N) is 1. The van der Waals surface area contributed by atoms with Crippen LogP contribution in [-0.2, 0) is 9.59 Å². The van der Waals surface area contributed by atoms with Crippen LogP contribution in [0.2, 0.25) is 0 Å². The summed E-state index contributed by atoms with van der Waals surface area (Å²) in [5.74, 6) is 0.234. The summed E-state index contributed by atoms with van der Waals surface area (Å²) >= 11 is 0. The van der Waals surface area contributed by atoms with E-state index in [1.54, 1.807) is 0 Å². The van der Waals surface area contributed by atoms with Crippen molar-refractivity contribution in [1.82, 2.24) is 10.2 Å². The molecular weight excluding hydrogens is 218 g/mol. The summed E-state index contributed by atoms with van der Waals surface area (Å²) in [4.78, 5) is 24.9. The molecule has 0 saturated carbocycles. The van der Waals surface area contributed by atoms with Gasteiger partial charge in [-0.2, -0.15) is 0 Å². The summed E-state index contributed by atoms with van der Waals surface area (Å²) in [7, 11) is 0. The van der Waals surface area contributed by atoms with Gasteiger partial charge < -0.3 is 16.0 Å². The third-order valence-corrected chi connectivity index (χ3v) is 3.28. The Labute approximate surface area is 103 Å². The fourth-order valence-corrected chi connectivity index (χ4v) is 2.26. The minimum absolute atomic E-state index is 0.0384. The van der Waals surface area contributed by atoms with Crippen molar-refractivity contribution in [3.63, 3.8) is 0 Å². The molecule has 0 aromatic rings. The maximum Gasteiger partial charge on any atom is 0.227 e. The highest BCUT2D eigenvalue weighted by molar-refractivity contribution is 5.80. The number of nitrogens with one attached hydrogen (secondary N) is 1. The van der Waals surface area contributed by atoms with E-state index in [4.69, 9.17) is 5.73 Å². The molecule has 1 aliphatic rings. The van der Waals surface area contributed by atoms with Crippen LogP contribution in [0.1, 0.15) is 27.2 Å². The lowest BCUT2D eigenvalue weighted by Gasteiger charge is -2.25. The van der Waals surface area contributed by atoms with Crippen LogP contribution in [0, 0.1) is 11.8 Å². The van der Waals surface area contributed by atoms with Gasteiger partial charge in [-0.05, 0) is 12.3 Å². The van der Waals surface area contributed by atoms with E-state index in [0.29, 0.717) is 19.6 Å². The summed E-state index contributed by atoms with van der Waals surface area (Å²) in [6.07, 6.45) is 0.834. The first-order chi connectivity index (χ1) is 7.95. The predicted molar refractivity (Wildman–Crippen MR) is 66.2 cm³/mol. The highest BCUT2D eigenvalue weighted by Gasteiger charge is 2.31.